The Balaban J connectivity index is 2.09. The van der Waals surface area contributed by atoms with E-state index in [0.29, 0.717) is 31.8 Å². The van der Waals surface area contributed by atoms with E-state index < -0.39 is 11.7 Å². The molecule has 2 unspecified atom stereocenters. The fourth-order valence-electron chi connectivity index (χ4n) is 2.32. The monoisotopic (exact) mass is 288 g/mol. The molecule has 2 N–H and O–H groups in total. The zero-order valence-electron chi connectivity index (χ0n) is 11.4. The van der Waals surface area contributed by atoms with Gasteiger partial charge in [-0.05, 0) is 18.6 Å². The molecule has 0 aromatic heterocycles. The van der Waals surface area contributed by atoms with Crippen LogP contribution in [0, 0.1) is 0 Å². The Labute approximate surface area is 116 Å². The van der Waals surface area contributed by atoms with Crippen LogP contribution in [0.4, 0.5) is 13.2 Å². The molecule has 112 valence electrons. The van der Waals surface area contributed by atoms with Crippen molar-refractivity contribution in [2.45, 2.75) is 31.8 Å². The molecule has 0 amide bonds. The van der Waals surface area contributed by atoms with Gasteiger partial charge in [0.05, 0.1) is 18.3 Å². The Kier molecular flexibility index (Phi) is 4.67. The Morgan fingerprint density at radius 3 is 2.80 bits per heavy atom. The summed E-state index contributed by atoms with van der Waals surface area (Å²) in [6.07, 6.45) is -4.34. The summed E-state index contributed by atoms with van der Waals surface area (Å²) in [4.78, 5) is 2.11. The minimum atomic E-state index is -4.30. The number of morpholine rings is 1. The van der Waals surface area contributed by atoms with Crippen molar-refractivity contribution in [3.63, 3.8) is 0 Å². The van der Waals surface area contributed by atoms with Crippen LogP contribution >= 0.6 is 0 Å². The van der Waals surface area contributed by atoms with Gasteiger partial charge in [-0.3, -0.25) is 4.90 Å². The van der Waals surface area contributed by atoms with Crippen LogP contribution in [0.2, 0.25) is 0 Å². The first kappa shape index (κ1) is 15.3. The highest BCUT2D eigenvalue weighted by molar-refractivity contribution is 5.25. The smallest absolute Gasteiger partial charge is 0.374 e. The fraction of sp³-hybridized carbons (Fsp3) is 0.571. The van der Waals surface area contributed by atoms with Crippen molar-refractivity contribution in [3.8, 4) is 0 Å². The fourth-order valence-corrected chi connectivity index (χ4v) is 2.32. The minimum absolute atomic E-state index is 0.0444. The zero-order valence-corrected chi connectivity index (χ0v) is 11.4. The normalized spacial score (nSPS) is 24.9. The summed E-state index contributed by atoms with van der Waals surface area (Å²) in [5, 5.41) is 0. The largest absolute Gasteiger partial charge is 0.416 e. The highest BCUT2D eigenvalue weighted by Crippen LogP contribution is 2.30. The number of halogens is 3. The first-order valence-corrected chi connectivity index (χ1v) is 6.62. The third kappa shape index (κ3) is 3.71. The number of ether oxygens (including phenoxy) is 1. The first-order chi connectivity index (χ1) is 9.40. The summed E-state index contributed by atoms with van der Waals surface area (Å²) >= 11 is 0. The predicted octanol–water partition coefficient (Wildman–Crippen LogP) is 2.25. The second kappa shape index (κ2) is 6.11. The molecule has 1 aromatic carbocycles. The van der Waals surface area contributed by atoms with Gasteiger partial charge in [0.15, 0.2) is 0 Å². The van der Waals surface area contributed by atoms with Crippen LogP contribution in [0.15, 0.2) is 24.3 Å². The highest BCUT2D eigenvalue weighted by Gasteiger charge is 2.31. The van der Waals surface area contributed by atoms with E-state index in [1.807, 2.05) is 6.92 Å². The standard InChI is InChI=1S/C14H19F3N2O/c1-10-9-20-13(6-18)8-19(10)7-11-3-2-4-12(5-11)14(15,16)17/h2-5,10,13H,6-9,18H2,1H3. The summed E-state index contributed by atoms with van der Waals surface area (Å²) in [5.74, 6) is 0. The van der Waals surface area contributed by atoms with Crippen LogP contribution in [-0.2, 0) is 17.5 Å². The summed E-state index contributed by atoms with van der Waals surface area (Å²) in [6, 6.07) is 5.64. The van der Waals surface area contributed by atoms with Crippen molar-refractivity contribution in [1.29, 1.82) is 0 Å². The van der Waals surface area contributed by atoms with Crippen molar-refractivity contribution < 1.29 is 17.9 Å². The number of rotatable bonds is 3. The second-order valence-electron chi connectivity index (χ2n) is 5.17. The molecule has 20 heavy (non-hydrogen) atoms. The predicted molar refractivity (Wildman–Crippen MR) is 70.1 cm³/mol. The molecule has 0 radical (unpaired) electrons. The van der Waals surface area contributed by atoms with Gasteiger partial charge in [0, 0.05) is 25.7 Å². The minimum Gasteiger partial charge on any atom is -0.374 e. The number of nitrogens with two attached hydrogens (primary N) is 1. The van der Waals surface area contributed by atoms with E-state index in [1.165, 1.54) is 12.1 Å². The van der Waals surface area contributed by atoms with Gasteiger partial charge < -0.3 is 10.5 Å². The first-order valence-electron chi connectivity index (χ1n) is 6.62. The molecule has 1 heterocycles. The lowest BCUT2D eigenvalue weighted by molar-refractivity contribution is -0.137. The second-order valence-corrected chi connectivity index (χ2v) is 5.17. The van der Waals surface area contributed by atoms with E-state index in [2.05, 4.69) is 4.90 Å². The molecule has 1 saturated heterocycles. The summed E-state index contributed by atoms with van der Waals surface area (Å²) in [5.41, 5.74) is 5.64. The number of hydrogen-bond donors (Lipinski definition) is 1. The number of hydrogen-bond acceptors (Lipinski definition) is 3. The number of benzene rings is 1. The van der Waals surface area contributed by atoms with Gasteiger partial charge in [0.1, 0.15) is 0 Å². The van der Waals surface area contributed by atoms with Gasteiger partial charge in [-0.15, -0.1) is 0 Å². The third-order valence-electron chi connectivity index (χ3n) is 3.54. The maximum Gasteiger partial charge on any atom is 0.416 e. The molecule has 1 fully saturated rings. The summed E-state index contributed by atoms with van der Waals surface area (Å²) in [7, 11) is 0. The topological polar surface area (TPSA) is 38.5 Å². The number of alkyl halides is 3. The average Bonchev–Trinajstić information content (AvgIpc) is 2.41. The van der Waals surface area contributed by atoms with Gasteiger partial charge in [-0.1, -0.05) is 18.2 Å². The number of nitrogens with zero attached hydrogens (tertiary/aromatic N) is 1. The molecular formula is C14H19F3N2O. The molecule has 1 aliphatic rings. The van der Waals surface area contributed by atoms with Gasteiger partial charge in [-0.2, -0.15) is 13.2 Å². The van der Waals surface area contributed by atoms with Gasteiger partial charge in [0.25, 0.3) is 0 Å². The SMILES string of the molecule is CC1COC(CN)CN1Cc1cccc(C(F)(F)F)c1. The van der Waals surface area contributed by atoms with Gasteiger partial charge in [0.2, 0.25) is 0 Å². The molecule has 0 bridgehead atoms. The third-order valence-corrected chi connectivity index (χ3v) is 3.54. The van der Waals surface area contributed by atoms with E-state index in [4.69, 9.17) is 10.5 Å². The van der Waals surface area contributed by atoms with E-state index >= 15 is 0 Å². The van der Waals surface area contributed by atoms with Crippen molar-refractivity contribution in [2.75, 3.05) is 19.7 Å². The Hall–Kier alpha value is -1.11. The maximum absolute atomic E-state index is 12.7. The highest BCUT2D eigenvalue weighted by atomic mass is 19.4. The molecule has 0 spiro atoms. The molecule has 3 nitrogen and oxygen atoms in total. The Morgan fingerprint density at radius 2 is 2.15 bits per heavy atom. The van der Waals surface area contributed by atoms with Gasteiger partial charge >= 0.3 is 6.18 Å². The van der Waals surface area contributed by atoms with Crippen molar-refractivity contribution in [2.24, 2.45) is 5.73 Å². The summed E-state index contributed by atoms with van der Waals surface area (Å²) < 4.78 is 43.6. The van der Waals surface area contributed by atoms with E-state index in [0.717, 1.165) is 6.07 Å². The molecule has 2 atom stereocenters. The molecule has 1 aliphatic heterocycles. The van der Waals surface area contributed by atoms with E-state index in [-0.39, 0.29) is 12.1 Å². The summed E-state index contributed by atoms with van der Waals surface area (Å²) in [6.45, 7) is 4.10. The van der Waals surface area contributed by atoms with E-state index in [1.54, 1.807) is 6.07 Å². The zero-order chi connectivity index (χ0) is 14.8. The van der Waals surface area contributed by atoms with Crippen LogP contribution in [0.25, 0.3) is 0 Å². The Bertz CT molecular complexity index is 450. The molecular weight excluding hydrogens is 269 g/mol. The molecule has 0 aliphatic carbocycles. The quantitative estimate of drug-likeness (QED) is 0.927. The van der Waals surface area contributed by atoms with E-state index in [9.17, 15) is 13.2 Å². The molecule has 1 aromatic rings. The molecule has 6 heteroatoms. The van der Waals surface area contributed by atoms with Crippen molar-refractivity contribution in [3.05, 3.63) is 35.4 Å². The lowest BCUT2D eigenvalue weighted by Gasteiger charge is -2.37. The van der Waals surface area contributed by atoms with Crippen LogP contribution in [0.5, 0.6) is 0 Å². The van der Waals surface area contributed by atoms with Crippen molar-refractivity contribution >= 4 is 0 Å². The lowest BCUT2D eigenvalue weighted by atomic mass is 10.1. The van der Waals surface area contributed by atoms with Crippen LogP contribution in [0.3, 0.4) is 0 Å². The lowest BCUT2D eigenvalue weighted by Crippen LogP contribution is -2.49. The van der Waals surface area contributed by atoms with Crippen molar-refractivity contribution in [1.82, 2.24) is 4.90 Å². The molecule has 0 saturated carbocycles. The van der Waals surface area contributed by atoms with Crippen LogP contribution in [0.1, 0.15) is 18.1 Å². The van der Waals surface area contributed by atoms with Gasteiger partial charge in [-0.25, -0.2) is 0 Å². The average molecular weight is 288 g/mol. The van der Waals surface area contributed by atoms with Crippen LogP contribution < -0.4 is 5.73 Å². The molecule has 2 rings (SSSR count). The Morgan fingerprint density at radius 1 is 1.40 bits per heavy atom. The maximum atomic E-state index is 12.7. The van der Waals surface area contributed by atoms with Crippen LogP contribution in [-0.4, -0.2) is 36.7 Å².